The molecule has 4 rings (SSSR count). The van der Waals surface area contributed by atoms with Gasteiger partial charge in [0.2, 0.25) is 0 Å². The van der Waals surface area contributed by atoms with Crippen LogP contribution in [0.1, 0.15) is 20.8 Å². The van der Waals surface area contributed by atoms with Crippen LogP contribution in [0.2, 0.25) is 0 Å². The zero-order valence-corrected chi connectivity index (χ0v) is 14.6. The first kappa shape index (κ1) is 15.5. The van der Waals surface area contributed by atoms with E-state index in [1.54, 1.807) is 17.4 Å². The third-order valence-corrected chi connectivity index (χ3v) is 4.90. The molecule has 0 aliphatic heterocycles. The molecule has 5 nitrogen and oxygen atoms in total. The minimum atomic E-state index is -0.235. The summed E-state index contributed by atoms with van der Waals surface area (Å²) in [6.07, 6.45) is 1.42. The number of nitrogens with one attached hydrogen (secondary N) is 1. The molecule has 0 radical (unpaired) electrons. The number of carbonyl (C=O) groups excluding carboxylic acids is 1. The molecular weight excluding hydrogens is 334 g/mol. The van der Waals surface area contributed by atoms with E-state index in [9.17, 15) is 4.79 Å². The van der Waals surface area contributed by atoms with Gasteiger partial charge in [-0.2, -0.15) is 0 Å². The number of amides is 1. The summed E-state index contributed by atoms with van der Waals surface area (Å²) in [5.41, 5.74) is 3.22. The maximum Gasteiger partial charge on any atom is 0.257 e. The first-order valence-electron chi connectivity index (χ1n) is 7.80. The van der Waals surface area contributed by atoms with Crippen LogP contribution in [0.3, 0.4) is 0 Å². The molecule has 0 unspecified atom stereocenters. The Kier molecular flexibility index (Phi) is 3.82. The Morgan fingerprint density at radius 3 is 2.72 bits per heavy atom. The van der Waals surface area contributed by atoms with E-state index in [0.29, 0.717) is 11.4 Å². The highest BCUT2D eigenvalue weighted by atomic mass is 32.1. The average molecular weight is 349 g/mol. The predicted molar refractivity (Wildman–Crippen MR) is 99.0 cm³/mol. The van der Waals surface area contributed by atoms with Crippen molar-refractivity contribution in [1.29, 1.82) is 0 Å². The number of nitrogens with zero attached hydrogens (tertiary/aromatic N) is 2. The maximum absolute atomic E-state index is 12.8. The van der Waals surface area contributed by atoms with E-state index >= 15 is 0 Å². The topological polar surface area (TPSA) is 68.0 Å². The second-order valence-electron chi connectivity index (χ2n) is 5.82. The van der Waals surface area contributed by atoms with Crippen molar-refractivity contribution in [2.75, 3.05) is 5.32 Å². The number of anilines is 1. The van der Waals surface area contributed by atoms with Crippen LogP contribution in [-0.2, 0) is 0 Å². The second kappa shape index (κ2) is 6.14. The zero-order valence-electron chi connectivity index (χ0n) is 13.7. The fraction of sp³-hybridized carbons (Fsp3) is 0.105. The van der Waals surface area contributed by atoms with Crippen LogP contribution in [0.4, 0.5) is 5.82 Å². The lowest BCUT2D eigenvalue weighted by Gasteiger charge is -2.09. The van der Waals surface area contributed by atoms with Crippen LogP contribution < -0.4 is 5.32 Å². The Labute approximate surface area is 148 Å². The van der Waals surface area contributed by atoms with Gasteiger partial charge >= 0.3 is 0 Å². The Morgan fingerprint density at radius 2 is 2.00 bits per heavy atom. The molecule has 25 heavy (non-hydrogen) atoms. The van der Waals surface area contributed by atoms with Gasteiger partial charge in [0.15, 0.2) is 5.82 Å². The predicted octanol–water partition coefficient (Wildman–Crippen LogP) is 4.82. The lowest BCUT2D eigenvalue weighted by atomic mass is 10.0. The number of carbonyl (C=O) groups is 1. The smallest absolute Gasteiger partial charge is 0.257 e. The van der Waals surface area contributed by atoms with Crippen molar-refractivity contribution in [3.8, 4) is 10.6 Å². The normalized spacial score (nSPS) is 11.0. The molecule has 3 aromatic heterocycles. The highest BCUT2D eigenvalue weighted by molar-refractivity contribution is 7.15. The number of benzene rings is 1. The number of hydrogen-bond donors (Lipinski definition) is 1. The molecule has 0 atom stereocenters. The van der Waals surface area contributed by atoms with Crippen molar-refractivity contribution in [3.63, 3.8) is 0 Å². The van der Waals surface area contributed by atoms with E-state index in [1.807, 2.05) is 37.3 Å². The summed E-state index contributed by atoms with van der Waals surface area (Å²) < 4.78 is 4.78. The van der Waals surface area contributed by atoms with E-state index in [4.69, 9.17) is 9.51 Å². The van der Waals surface area contributed by atoms with Gasteiger partial charge in [-0.25, -0.2) is 4.98 Å². The Hall–Kier alpha value is -2.99. The molecule has 0 aliphatic carbocycles. The van der Waals surface area contributed by atoms with Crippen molar-refractivity contribution in [2.45, 2.75) is 13.8 Å². The summed E-state index contributed by atoms with van der Waals surface area (Å²) in [5.74, 6) is 0.151. The number of pyridine rings is 1. The summed E-state index contributed by atoms with van der Waals surface area (Å²) in [4.78, 5) is 19.8. The molecule has 0 saturated carbocycles. The molecular formula is C19H15N3O2S. The van der Waals surface area contributed by atoms with Crippen LogP contribution in [0.15, 0.2) is 53.3 Å². The third-order valence-electron chi connectivity index (χ3n) is 3.88. The van der Waals surface area contributed by atoms with E-state index in [-0.39, 0.29) is 5.91 Å². The Morgan fingerprint density at radius 1 is 1.12 bits per heavy atom. The van der Waals surface area contributed by atoms with Crippen LogP contribution in [0, 0.1) is 13.8 Å². The van der Waals surface area contributed by atoms with Crippen molar-refractivity contribution in [3.05, 3.63) is 64.7 Å². The van der Waals surface area contributed by atoms with Crippen LogP contribution >= 0.6 is 11.3 Å². The molecule has 1 N–H and O–H groups in total. The Bertz CT molecular complexity index is 1070. The minimum Gasteiger partial charge on any atom is -0.363 e. The molecule has 0 fully saturated rings. The zero-order chi connectivity index (χ0) is 17.4. The SMILES string of the molecule is Cc1ccc2nc(-c3ccc(C)s3)cc(C(=O)Nc3ccon3)c2c1. The molecule has 0 bridgehead atoms. The standard InChI is InChI=1S/C19H15N3O2S/c1-11-3-5-15-13(9-11)14(19(23)21-18-7-8-24-22-18)10-16(20-15)17-6-4-12(2)25-17/h3-10H,1-2H3,(H,21,22,23). The monoisotopic (exact) mass is 349 g/mol. The lowest BCUT2D eigenvalue weighted by Crippen LogP contribution is -2.13. The molecule has 0 aliphatic rings. The van der Waals surface area contributed by atoms with Crippen LogP contribution in [0.25, 0.3) is 21.5 Å². The van der Waals surface area contributed by atoms with Gasteiger partial charge in [-0.05, 0) is 44.2 Å². The molecule has 3 heterocycles. The quantitative estimate of drug-likeness (QED) is 0.576. The number of rotatable bonds is 3. The highest BCUT2D eigenvalue weighted by Crippen LogP contribution is 2.30. The van der Waals surface area contributed by atoms with Crippen molar-refractivity contribution < 1.29 is 9.32 Å². The second-order valence-corrected chi connectivity index (χ2v) is 7.11. The fourth-order valence-corrected chi connectivity index (χ4v) is 3.51. The number of hydrogen-bond acceptors (Lipinski definition) is 5. The van der Waals surface area contributed by atoms with Gasteiger partial charge in [0.05, 0.1) is 21.7 Å². The molecule has 0 spiro atoms. The number of aromatic nitrogens is 2. The summed E-state index contributed by atoms with van der Waals surface area (Å²) >= 11 is 1.66. The molecule has 1 aromatic carbocycles. The molecule has 1 amide bonds. The summed E-state index contributed by atoms with van der Waals surface area (Å²) in [6, 6.07) is 13.4. The molecule has 124 valence electrons. The molecule has 0 saturated heterocycles. The van der Waals surface area contributed by atoms with E-state index in [1.165, 1.54) is 11.1 Å². The first-order valence-corrected chi connectivity index (χ1v) is 8.62. The summed E-state index contributed by atoms with van der Waals surface area (Å²) in [6.45, 7) is 4.05. The van der Waals surface area contributed by atoms with Gasteiger partial charge in [-0.3, -0.25) is 4.79 Å². The Balaban J connectivity index is 1.87. The largest absolute Gasteiger partial charge is 0.363 e. The van der Waals surface area contributed by atoms with Gasteiger partial charge in [0, 0.05) is 16.3 Å². The number of thiophene rings is 1. The van der Waals surface area contributed by atoms with Gasteiger partial charge in [0.25, 0.3) is 5.91 Å². The van der Waals surface area contributed by atoms with Crippen molar-refractivity contribution in [1.82, 2.24) is 10.1 Å². The van der Waals surface area contributed by atoms with E-state index < -0.39 is 0 Å². The number of aryl methyl sites for hydroxylation is 2. The van der Waals surface area contributed by atoms with Gasteiger partial charge in [-0.15, -0.1) is 11.3 Å². The van der Waals surface area contributed by atoms with Crippen molar-refractivity contribution >= 4 is 34.0 Å². The first-order chi connectivity index (χ1) is 12.1. The summed E-state index contributed by atoms with van der Waals surface area (Å²) in [7, 11) is 0. The maximum atomic E-state index is 12.8. The van der Waals surface area contributed by atoms with Crippen LogP contribution in [0.5, 0.6) is 0 Å². The van der Waals surface area contributed by atoms with E-state index in [0.717, 1.165) is 27.0 Å². The van der Waals surface area contributed by atoms with Gasteiger partial charge in [-0.1, -0.05) is 16.8 Å². The lowest BCUT2D eigenvalue weighted by molar-refractivity contribution is 0.102. The van der Waals surface area contributed by atoms with Crippen molar-refractivity contribution in [2.24, 2.45) is 0 Å². The van der Waals surface area contributed by atoms with E-state index in [2.05, 4.69) is 23.5 Å². The van der Waals surface area contributed by atoms with Crippen LogP contribution in [-0.4, -0.2) is 16.0 Å². The van der Waals surface area contributed by atoms with Gasteiger partial charge < -0.3 is 9.84 Å². The molecule has 4 aromatic rings. The fourth-order valence-electron chi connectivity index (χ4n) is 2.69. The van der Waals surface area contributed by atoms with Gasteiger partial charge in [0.1, 0.15) is 6.26 Å². The third kappa shape index (κ3) is 3.04. The molecule has 6 heteroatoms. The highest BCUT2D eigenvalue weighted by Gasteiger charge is 2.16. The number of fused-ring (bicyclic) bond motifs is 1. The minimum absolute atomic E-state index is 0.235. The summed E-state index contributed by atoms with van der Waals surface area (Å²) in [5, 5.41) is 7.33. The average Bonchev–Trinajstić information content (AvgIpc) is 3.25.